The van der Waals surface area contributed by atoms with Crippen molar-refractivity contribution in [2.75, 3.05) is 13.2 Å². The lowest BCUT2D eigenvalue weighted by Crippen LogP contribution is -2.66. The minimum absolute atomic E-state index is 0.000298. The van der Waals surface area contributed by atoms with E-state index in [4.69, 9.17) is 18.9 Å². The lowest BCUT2D eigenvalue weighted by Gasteiger charge is -2.65. The average Bonchev–Trinajstić information content (AvgIpc) is 3.47. The smallest absolute Gasteiger partial charge is 0.331 e. The van der Waals surface area contributed by atoms with Crippen LogP contribution in [0.2, 0.25) is 0 Å². The SMILES string of the molecule is CC(=O)OC[C@H]1O[C@@H](OC2CC[C@@]3(C)C(CC[C@@H]4[C@@H]3C(O)C[C@]3(C)[C@@H](C5=CC(=O)OC5)CC[C@]43O)C2)[C@H](O)[C@@H](O)[C@@H]1O. The van der Waals surface area contributed by atoms with E-state index in [2.05, 4.69) is 13.8 Å². The summed E-state index contributed by atoms with van der Waals surface area (Å²) in [5, 5.41) is 55.5. The van der Waals surface area contributed by atoms with Crippen LogP contribution in [0.4, 0.5) is 0 Å². The number of esters is 2. The van der Waals surface area contributed by atoms with Crippen LogP contribution < -0.4 is 0 Å². The molecule has 1 saturated heterocycles. The number of cyclic esters (lactones) is 1. The molecule has 11 heteroatoms. The Balaban J connectivity index is 1.16. The highest BCUT2D eigenvalue weighted by atomic mass is 16.7. The number of hydrogen-bond acceptors (Lipinski definition) is 11. The van der Waals surface area contributed by atoms with Gasteiger partial charge in [0.15, 0.2) is 6.29 Å². The Morgan fingerprint density at radius 1 is 1.05 bits per heavy atom. The van der Waals surface area contributed by atoms with E-state index in [1.165, 1.54) is 6.92 Å². The van der Waals surface area contributed by atoms with E-state index < -0.39 is 53.8 Å². The first-order valence-electron chi connectivity index (χ1n) is 15.5. The molecule has 0 bridgehead atoms. The molecular weight excluding hydrogens is 548 g/mol. The van der Waals surface area contributed by atoms with E-state index >= 15 is 0 Å². The molecule has 2 aliphatic heterocycles. The Hall–Kier alpha value is -1.60. The van der Waals surface area contributed by atoms with Crippen molar-refractivity contribution >= 4 is 11.9 Å². The van der Waals surface area contributed by atoms with Crippen LogP contribution in [0.15, 0.2) is 11.6 Å². The summed E-state index contributed by atoms with van der Waals surface area (Å²) < 4.78 is 22.1. The molecule has 3 unspecified atom stereocenters. The molecule has 0 aromatic carbocycles. The molecule has 4 saturated carbocycles. The summed E-state index contributed by atoms with van der Waals surface area (Å²) in [7, 11) is 0. The highest BCUT2D eigenvalue weighted by Crippen LogP contribution is 2.70. The molecule has 0 spiro atoms. The molecule has 4 aliphatic carbocycles. The van der Waals surface area contributed by atoms with Crippen molar-refractivity contribution in [2.45, 2.75) is 121 Å². The summed E-state index contributed by atoms with van der Waals surface area (Å²) in [6, 6.07) is 0. The zero-order chi connectivity index (χ0) is 30.2. The van der Waals surface area contributed by atoms with Gasteiger partial charge in [-0.2, -0.15) is 0 Å². The number of ether oxygens (including phenoxy) is 4. The molecule has 6 aliphatic rings. The average molecular weight is 595 g/mol. The Labute approximate surface area is 246 Å². The lowest BCUT2D eigenvalue weighted by molar-refractivity contribution is -0.318. The molecule has 6 rings (SSSR count). The number of hydrogen-bond donors (Lipinski definition) is 5. The van der Waals surface area contributed by atoms with Gasteiger partial charge in [0.05, 0.1) is 17.8 Å². The van der Waals surface area contributed by atoms with Crippen LogP contribution in [0.1, 0.15) is 72.1 Å². The molecule has 11 nitrogen and oxygen atoms in total. The van der Waals surface area contributed by atoms with Gasteiger partial charge in [0.1, 0.15) is 37.6 Å². The van der Waals surface area contributed by atoms with Crippen molar-refractivity contribution in [1.82, 2.24) is 0 Å². The van der Waals surface area contributed by atoms with E-state index in [9.17, 15) is 35.1 Å². The molecule has 0 radical (unpaired) electrons. The van der Waals surface area contributed by atoms with Gasteiger partial charge in [-0.25, -0.2) is 4.79 Å². The molecule has 5 N–H and O–H groups in total. The topological polar surface area (TPSA) is 172 Å². The summed E-state index contributed by atoms with van der Waals surface area (Å²) in [6.07, 6.45) is -0.315. The van der Waals surface area contributed by atoms with Gasteiger partial charge < -0.3 is 44.5 Å². The van der Waals surface area contributed by atoms with Crippen LogP contribution in [-0.2, 0) is 28.5 Å². The molecule has 42 heavy (non-hydrogen) atoms. The highest BCUT2D eigenvalue weighted by Gasteiger charge is 2.70. The third-order valence-corrected chi connectivity index (χ3v) is 12.3. The molecule has 0 amide bonds. The zero-order valence-electron chi connectivity index (χ0n) is 24.7. The fraction of sp³-hybridized carbons (Fsp3) is 0.871. The van der Waals surface area contributed by atoms with Crippen molar-refractivity contribution in [3.8, 4) is 0 Å². The van der Waals surface area contributed by atoms with Crippen LogP contribution in [0, 0.1) is 34.5 Å². The number of aliphatic hydroxyl groups is 5. The van der Waals surface area contributed by atoms with Crippen molar-refractivity contribution < 1.29 is 54.1 Å². The third-order valence-electron chi connectivity index (χ3n) is 12.3. The predicted octanol–water partition coefficient (Wildman–Crippen LogP) is 0.970. The molecule has 0 aromatic heterocycles. The van der Waals surface area contributed by atoms with Crippen molar-refractivity contribution in [1.29, 1.82) is 0 Å². The van der Waals surface area contributed by atoms with Crippen LogP contribution >= 0.6 is 0 Å². The third kappa shape index (κ3) is 4.66. The van der Waals surface area contributed by atoms with Crippen molar-refractivity contribution in [3.63, 3.8) is 0 Å². The predicted molar refractivity (Wildman–Crippen MR) is 145 cm³/mol. The summed E-state index contributed by atoms with van der Waals surface area (Å²) >= 11 is 0. The van der Waals surface area contributed by atoms with E-state index in [0.717, 1.165) is 31.3 Å². The van der Waals surface area contributed by atoms with E-state index in [-0.39, 0.29) is 54.4 Å². The fourth-order valence-electron chi connectivity index (χ4n) is 10.2. The molecular formula is C31H46O11. The number of fused-ring (bicyclic) bond motifs is 5. The first-order chi connectivity index (χ1) is 19.8. The number of rotatable bonds is 5. The van der Waals surface area contributed by atoms with E-state index in [1.807, 2.05) is 0 Å². The monoisotopic (exact) mass is 594 g/mol. The van der Waals surface area contributed by atoms with E-state index in [0.29, 0.717) is 25.7 Å². The van der Waals surface area contributed by atoms with Gasteiger partial charge in [0, 0.05) is 18.4 Å². The van der Waals surface area contributed by atoms with Gasteiger partial charge in [-0.3, -0.25) is 4.79 Å². The summed E-state index contributed by atoms with van der Waals surface area (Å²) in [5.74, 6) is -0.800. The number of aliphatic hydroxyl groups excluding tert-OH is 4. The van der Waals surface area contributed by atoms with Gasteiger partial charge in [-0.1, -0.05) is 13.8 Å². The maximum atomic E-state index is 12.4. The summed E-state index contributed by atoms with van der Waals surface area (Å²) in [5.41, 5.74) is -0.771. The van der Waals surface area contributed by atoms with Gasteiger partial charge in [0.25, 0.3) is 0 Å². The second kappa shape index (κ2) is 10.8. The molecule has 236 valence electrons. The normalized spacial score (nSPS) is 52.0. The summed E-state index contributed by atoms with van der Waals surface area (Å²) in [4.78, 5) is 23.1. The zero-order valence-corrected chi connectivity index (χ0v) is 24.7. The van der Waals surface area contributed by atoms with Crippen molar-refractivity contribution in [2.24, 2.45) is 34.5 Å². The maximum absolute atomic E-state index is 12.4. The number of carbonyl (C=O) groups is 2. The largest absolute Gasteiger partial charge is 0.463 e. The first kappa shape index (κ1) is 30.4. The highest BCUT2D eigenvalue weighted by molar-refractivity contribution is 5.85. The summed E-state index contributed by atoms with van der Waals surface area (Å²) in [6.45, 7) is 5.55. The van der Waals surface area contributed by atoms with E-state index in [1.54, 1.807) is 6.08 Å². The molecule has 5 fully saturated rings. The van der Waals surface area contributed by atoms with Crippen LogP contribution in [-0.4, -0.2) is 99.2 Å². The van der Waals surface area contributed by atoms with Gasteiger partial charge >= 0.3 is 11.9 Å². The van der Waals surface area contributed by atoms with Crippen molar-refractivity contribution in [3.05, 3.63) is 11.6 Å². The lowest BCUT2D eigenvalue weighted by atomic mass is 9.42. The molecule has 2 heterocycles. The van der Waals surface area contributed by atoms with Crippen LogP contribution in [0.25, 0.3) is 0 Å². The maximum Gasteiger partial charge on any atom is 0.331 e. The Morgan fingerprint density at radius 3 is 2.50 bits per heavy atom. The minimum atomic E-state index is -1.51. The van der Waals surface area contributed by atoms with Gasteiger partial charge in [0.2, 0.25) is 0 Å². The second-order valence-electron chi connectivity index (χ2n) is 14.3. The van der Waals surface area contributed by atoms with Gasteiger partial charge in [-0.15, -0.1) is 0 Å². The Morgan fingerprint density at radius 2 is 1.81 bits per heavy atom. The fourth-order valence-corrected chi connectivity index (χ4v) is 10.2. The van der Waals surface area contributed by atoms with Gasteiger partial charge in [-0.05, 0) is 86.0 Å². The van der Waals surface area contributed by atoms with Crippen LogP contribution in [0.5, 0.6) is 0 Å². The second-order valence-corrected chi connectivity index (χ2v) is 14.3. The Bertz CT molecular complexity index is 1110. The first-order valence-corrected chi connectivity index (χ1v) is 15.5. The quantitative estimate of drug-likeness (QED) is 0.227. The Kier molecular flexibility index (Phi) is 7.81. The standard InChI is InChI=1S/C31H46O11/c1-15(32)39-14-22-25(35)26(36)27(37)28(42-22)41-18-6-8-29(2)17(11-18)4-5-20-24(29)21(33)12-30(3)19(7-9-31(20,30)38)16-10-23(34)40-13-16/h10,17-22,24-28,33,35-38H,4-9,11-14H2,1-3H3/t17?,18?,19-,20-,21?,22-,24-,25-,26+,27-,28-,29+,30-,31+/m1/s1. The molecule has 0 aromatic rings. The molecule has 14 atom stereocenters. The van der Waals surface area contributed by atoms with Crippen LogP contribution in [0.3, 0.4) is 0 Å². The minimum Gasteiger partial charge on any atom is -0.463 e. The number of carbonyl (C=O) groups excluding carboxylic acids is 2.